The van der Waals surface area contributed by atoms with Gasteiger partial charge in [0.1, 0.15) is 17.9 Å². The fraction of sp³-hybridized carbons (Fsp3) is 0.333. The van der Waals surface area contributed by atoms with Gasteiger partial charge in [-0.3, -0.25) is 0 Å². The third kappa shape index (κ3) is 2.13. The van der Waals surface area contributed by atoms with Crippen molar-refractivity contribution in [2.24, 2.45) is 0 Å². The number of nitrogens with zero attached hydrogens (tertiary/aromatic N) is 3. The van der Waals surface area contributed by atoms with Gasteiger partial charge >= 0.3 is 0 Å². The highest BCUT2D eigenvalue weighted by Gasteiger charge is 2.14. The van der Waals surface area contributed by atoms with Crippen LogP contribution in [0, 0.1) is 5.82 Å². The van der Waals surface area contributed by atoms with E-state index >= 15 is 0 Å². The fourth-order valence-corrected chi connectivity index (χ4v) is 1.62. The first-order valence-electron chi connectivity index (χ1n) is 5.37. The monoisotopic (exact) mass is 235 g/mol. The van der Waals surface area contributed by atoms with Crippen molar-refractivity contribution in [2.75, 3.05) is 7.11 Å². The van der Waals surface area contributed by atoms with E-state index in [-0.39, 0.29) is 11.9 Å². The zero-order valence-corrected chi connectivity index (χ0v) is 10.0. The van der Waals surface area contributed by atoms with Crippen molar-refractivity contribution in [2.45, 2.75) is 19.9 Å². The molecule has 2 aromatic rings. The van der Waals surface area contributed by atoms with Crippen LogP contribution in [0.1, 0.15) is 19.9 Å². The van der Waals surface area contributed by atoms with Gasteiger partial charge in [0.15, 0.2) is 5.82 Å². The summed E-state index contributed by atoms with van der Waals surface area (Å²) < 4.78 is 20.7. The Morgan fingerprint density at radius 3 is 2.71 bits per heavy atom. The van der Waals surface area contributed by atoms with Crippen molar-refractivity contribution in [3.8, 4) is 17.1 Å². The van der Waals surface area contributed by atoms with E-state index < -0.39 is 0 Å². The van der Waals surface area contributed by atoms with Crippen LogP contribution in [0.4, 0.5) is 4.39 Å². The Labute approximate surface area is 99.1 Å². The Kier molecular flexibility index (Phi) is 3.08. The van der Waals surface area contributed by atoms with Gasteiger partial charge in [-0.25, -0.2) is 4.39 Å². The largest absolute Gasteiger partial charge is 0.497 e. The molecule has 0 saturated carbocycles. The number of hydrogen-bond acceptors (Lipinski definition) is 3. The topological polar surface area (TPSA) is 39.9 Å². The third-order valence-corrected chi connectivity index (χ3v) is 2.55. The van der Waals surface area contributed by atoms with Crippen molar-refractivity contribution < 1.29 is 9.13 Å². The minimum atomic E-state index is -0.362. The molecule has 0 N–H and O–H groups in total. The summed E-state index contributed by atoms with van der Waals surface area (Å²) in [5, 5.41) is 7.77. The van der Waals surface area contributed by atoms with Crippen LogP contribution in [0.3, 0.4) is 0 Å². The predicted molar refractivity (Wildman–Crippen MR) is 62.4 cm³/mol. The molecule has 0 unspecified atom stereocenters. The first-order chi connectivity index (χ1) is 8.13. The van der Waals surface area contributed by atoms with Gasteiger partial charge < -0.3 is 9.30 Å². The lowest BCUT2D eigenvalue weighted by Gasteiger charge is -2.11. The van der Waals surface area contributed by atoms with E-state index in [0.717, 1.165) is 0 Å². The lowest BCUT2D eigenvalue weighted by Crippen LogP contribution is -2.03. The summed E-state index contributed by atoms with van der Waals surface area (Å²) in [6.07, 6.45) is 1.60. The van der Waals surface area contributed by atoms with Gasteiger partial charge in [-0.2, -0.15) is 0 Å². The van der Waals surface area contributed by atoms with E-state index in [0.29, 0.717) is 17.1 Å². The predicted octanol–water partition coefficient (Wildman–Crippen LogP) is 2.67. The van der Waals surface area contributed by atoms with Gasteiger partial charge in [-0.15, -0.1) is 10.2 Å². The standard InChI is InChI=1S/C12H14FN3O/c1-8(2)16-7-14-15-12(16)10-5-4-9(17-3)6-11(10)13/h4-8H,1-3H3. The molecule has 0 saturated heterocycles. The molecule has 2 rings (SSSR count). The number of methoxy groups -OCH3 is 1. The fourth-order valence-electron chi connectivity index (χ4n) is 1.62. The molecule has 5 heteroatoms. The van der Waals surface area contributed by atoms with Crippen LogP contribution in [0.25, 0.3) is 11.4 Å². The van der Waals surface area contributed by atoms with E-state index in [4.69, 9.17) is 4.74 Å². The molecule has 0 spiro atoms. The van der Waals surface area contributed by atoms with Gasteiger partial charge in [0.2, 0.25) is 0 Å². The zero-order chi connectivity index (χ0) is 12.4. The van der Waals surface area contributed by atoms with Crippen molar-refractivity contribution >= 4 is 0 Å². The molecule has 0 atom stereocenters. The summed E-state index contributed by atoms with van der Waals surface area (Å²) in [7, 11) is 1.51. The van der Waals surface area contributed by atoms with Gasteiger partial charge in [0, 0.05) is 12.1 Å². The SMILES string of the molecule is COc1ccc(-c2nncn2C(C)C)c(F)c1. The van der Waals surface area contributed by atoms with Crippen molar-refractivity contribution in [1.29, 1.82) is 0 Å². The van der Waals surface area contributed by atoms with Crippen molar-refractivity contribution in [3.63, 3.8) is 0 Å². The minimum Gasteiger partial charge on any atom is -0.497 e. The quantitative estimate of drug-likeness (QED) is 0.821. The Morgan fingerprint density at radius 1 is 1.35 bits per heavy atom. The molecule has 17 heavy (non-hydrogen) atoms. The average Bonchev–Trinajstić information content (AvgIpc) is 2.77. The van der Waals surface area contributed by atoms with Gasteiger partial charge in [0.25, 0.3) is 0 Å². The second-order valence-electron chi connectivity index (χ2n) is 4.00. The molecule has 0 aliphatic carbocycles. The molecule has 0 radical (unpaired) electrons. The summed E-state index contributed by atoms with van der Waals surface area (Å²) in [6.45, 7) is 3.99. The number of benzene rings is 1. The maximum atomic E-state index is 13.9. The van der Waals surface area contributed by atoms with Crippen LogP contribution < -0.4 is 4.74 Å². The Hall–Kier alpha value is -1.91. The van der Waals surface area contributed by atoms with Crippen LogP contribution in [0.2, 0.25) is 0 Å². The molecule has 0 aliphatic rings. The van der Waals surface area contributed by atoms with E-state index in [1.165, 1.54) is 13.2 Å². The van der Waals surface area contributed by atoms with Crippen molar-refractivity contribution in [1.82, 2.24) is 14.8 Å². The Balaban J connectivity index is 2.49. The first-order valence-corrected chi connectivity index (χ1v) is 5.37. The van der Waals surface area contributed by atoms with Crippen LogP contribution in [0.5, 0.6) is 5.75 Å². The molecule has 1 aromatic heterocycles. The number of aromatic nitrogens is 3. The number of ether oxygens (including phenoxy) is 1. The maximum Gasteiger partial charge on any atom is 0.166 e. The summed E-state index contributed by atoms with van der Waals surface area (Å²) in [5.74, 6) is 0.654. The average molecular weight is 235 g/mol. The number of hydrogen-bond donors (Lipinski definition) is 0. The maximum absolute atomic E-state index is 13.9. The number of rotatable bonds is 3. The highest BCUT2D eigenvalue weighted by atomic mass is 19.1. The summed E-state index contributed by atoms with van der Waals surface area (Å²) in [4.78, 5) is 0. The van der Waals surface area contributed by atoms with E-state index in [1.807, 2.05) is 18.4 Å². The van der Waals surface area contributed by atoms with E-state index in [2.05, 4.69) is 10.2 Å². The van der Waals surface area contributed by atoms with Crippen LogP contribution in [0.15, 0.2) is 24.5 Å². The second-order valence-corrected chi connectivity index (χ2v) is 4.00. The van der Waals surface area contributed by atoms with E-state index in [9.17, 15) is 4.39 Å². The summed E-state index contributed by atoms with van der Waals surface area (Å²) >= 11 is 0. The molecule has 1 heterocycles. The van der Waals surface area contributed by atoms with Crippen LogP contribution in [-0.2, 0) is 0 Å². The highest BCUT2D eigenvalue weighted by molar-refractivity contribution is 5.57. The Bertz CT molecular complexity index is 522. The molecule has 0 aliphatic heterocycles. The Morgan fingerprint density at radius 2 is 2.12 bits per heavy atom. The normalized spacial score (nSPS) is 10.9. The van der Waals surface area contributed by atoms with Gasteiger partial charge in [-0.05, 0) is 26.0 Å². The van der Waals surface area contributed by atoms with E-state index in [1.54, 1.807) is 18.5 Å². The minimum absolute atomic E-state index is 0.182. The lowest BCUT2D eigenvalue weighted by atomic mass is 10.2. The highest BCUT2D eigenvalue weighted by Crippen LogP contribution is 2.26. The van der Waals surface area contributed by atoms with Crippen molar-refractivity contribution in [3.05, 3.63) is 30.3 Å². The van der Waals surface area contributed by atoms with Gasteiger partial charge in [-0.1, -0.05) is 0 Å². The molecule has 1 aromatic carbocycles. The van der Waals surface area contributed by atoms with Crippen LogP contribution >= 0.6 is 0 Å². The van der Waals surface area contributed by atoms with Crippen LogP contribution in [-0.4, -0.2) is 21.9 Å². The zero-order valence-electron chi connectivity index (χ0n) is 10.0. The first kappa shape index (κ1) is 11.6. The molecule has 4 nitrogen and oxygen atoms in total. The molecular weight excluding hydrogens is 221 g/mol. The number of halogens is 1. The summed E-state index contributed by atoms with van der Waals surface area (Å²) in [6, 6.07) is 4.88. The molecule has 90 valence electrons. The summed E-state index contributed by atoms with van der Waals surface area (Å²) in [5.41, 5.74) is 0.428. The second kappa shape index (κ2) is 4.53. The third-order valence-electron chi connectivity index (χ3n) is 2.55. The molecular formula is C12H14FN3O. The lowest BCUT2D eigenvalue weighted by molar-refractivity contribution is 0.411. The molecule has 0 fully saturated rings. The molecule has 0 amide bonds. The van der Waals surface area contributed by atoms with Gasteiger partial charge in [0.05, 0.1) is 12.7 Å². The smallest absolute Gasteiger partial charge is 0.166 e. The molecule has 0 bridgehead atoms.